The number of amides is 1. The maximum absolute atomic E-state index is 12.2. The molecule has 0 saturated carbocycles. The fraction of sp³-hybridized carbons (Fsp3) is 0.143. The first kappa shape index (κ1) is 13.7. The Hall–Kier alpha value is -2.76. The normalized spacial score (nSPS) is 10.1. The van der Waals surface area contributed by atoms with Gasteiger partial charge in [-0.2, -0.15) is 0 Å². The van der Waals surface area contributed by atoms with Crippen LogP contribution < -0.4 is 11.1 Å². The van der Waals surface area contributed by atoms with Crippen LogP contribution in [0.5, 0.6) is 0 Å². The fourth-order valence-corrected chi connectivity index (χ4v) is 1.88. The third-order valence-electron chi connectivity index (χ3n) is 2.84. The lowest BCUT2D eigenvalue weighted by Gasteiger charge is -2.09. The Bertz CT molecular complexity index is 661. The Morgan fingerprint density at radius 2 is 2.00 bits per heavy atom. The highest BCUT2D eigenvalue weighted by molar-refractivity contribution is 6.07. The SMILES string of the molecule is COC(=O)c1ccccc1NC(=O)c1cc(N)cn1C. The Morgan fingerprint density at radius 3 is 2.60 bits per heavy atom. The first-order valence-electron chi connectivity index (χ1n) is 5.93. The molecule has 0 atom stereocenters. The smallest absolute Gasteiger partial charge is 0.339 e. The maximum atomic E-state index is 12.2. The van der Waals surface area contributed by atoms with Crippen LogP contribution in [0, 0.1) is 0 Å². The van der Waals surface area contributed by atoms with Gasteiger partial charge >= 0.3 is 5.97 Å². The summed E-state index contributed by atoms with van der Waals surface area (Å²) >= 11 is 0. The summed E-state index contributed by atoms with van der Waals surface area (Å²) in [7, 11) is 3.01. The second-order valence-corrected chi connectivity index (χ2v) is 4.26. The van der Waals surface area contributed by atoms with Crippen LogP contribution in [0.2, 0.25) is 0 Å². The molecule has 0 aliphatic carbocycles. The van der Waals surface area contributed by atoms with Crippen molar-refractivity contribution < 1.29 is 14.3 Å². The number of hydrogen-bond acceptors (Lipinski definition) is 4. The van der Waals surface area contributed by atoms with E-state index in [1.54, 1.807) is 48.1 Å². The van der Waals surface area contributed by atoms with Gasteiger partial charge in [-0.15, -0.1) is 0 Å². The number of benzene rings is 1. The Morgan fingerprint density at radius 1 is 1.30 bits per heavy atom. The van der Waals surface area contributed by atoms with E-state index in [9.17, 15) is 9.59 Å². The molecule has 104 valence electrons. The number of ether oxygens (including phenoxy) is 1. The summed E-state index contributed by atoms with van der Waals surface area (Å²) in [5, 5.41) is 2.68. The second-order valence-electron chi connectivity index (χ2n) is 4.26. The summed E-state index contributed by atoms with van der Waals surface area (Å²) < 4.78 is 6.29. The van der Waals surface area contributed by atoms with E-state index in [0.717, 1.165) is 0 Å². The summed E-state index contributed by atoms with van der Waals surface area (Å²) in [4.78, 5) is 23.8. The average molecular weight is 273 g/mol. The minimum Gasteiger partial charge on any atom is -0.465 e. The van der Waals surface area contributed by atoms with E-state index < -0.39 is 5.97 Å². The Balaban J connectivity index is 2.29. The monoisotopic (exact) mass is 273 g/mol. The standard InChI is InChI=1S/C14H15N3O3/c1-17-8-9(15)7-12(17)13(18)16-11-6-4-3-5-10(11)14(19)20-2/h3-8H,15H2,1-2H3,(H,16,18). The molecule has 20 heavy (non-hydrogen) atoms. The number of carbonyl (C=O) groups excluding carboxylic acids is 2. The molecule has 0 spiro atoms. The summed E-state index contributed by atoms with van der Waals surface area (Å²) in [6.45, 7) is 0. The number of anilines is 2. The molecular formula is C14H15N3O3. The van der Waals surface area contributed by atoms with Crippen LogP contribution in [-0.4, -0.2) is 23.6 Å². The molecule has 0 aliphatic rings. The highest BCUT2D eigenvalue weighted by Gasteiger charge is 2.16. The third kappa shape index (κ3) is 2.64. The van der Waals surface area contributed by atoms with E-state index in [1.165, 1.54) is 7.11 Å². The van der Waals surface area contributed by atoms with Gasteiger partial charge in [-0.3, -0.25) is 4.79 Å². The molecule has 0 radical (unpaired) electrons. The number of nitrogens with one attached hydrogen (secondary N) is 1. The molecule has 0 saturated heterocycles. The van der Waals surface area contributed by atoms with Gasteiger partial charge in [-0.05, 0) is 18.2 Å². The van der Waals surface area contributed by atoms with Crippen molar-refractivity contribution in [2.24, 2.45) is 7.05 Å². The van der Waals surface area contributed by atoms with Crippen molar-refractivity contribution in [3.05, 3.63) is 47.8 Å². The number of nitrogens with zero attached hydrogens (tertiary/aromatic N) is 1. The molecule has 0 aliphatic heterocycles. The number of nitrogens with two attached hydrogens (primary N) is 1. The lowest BCUT2D eigenvalue weighted by Crippen LogP contribution is -2.17. The number of nitrogen functional groups attached to an aromatic ring is 1. The van der Waals surface area contributed by atoms with E-state index in [4.69, 9.17) is 5.73 Å². The summed E-state index contributed by atoms with van der Waals surface area (Å²) in [5.74, 6) is -0.854. The zero-order chi connectivity index (χ0) is 14.7. The predicted molar refractivity (Wildman–Crippen MR) is 75.6 cm³/mol. The van der Waals surface area contributed by atoms with Crippen molar-refractivity contribution in [1.82, 2.24) is 4.57 Å². The molecule has 6 nitrogen and oxygen atoms in total. The first-order chi connectivity index (χ1) is 9.52. The number of methoxy groups -OCH3 is 1. The van der Waals surface area contributed by atoms with Crippen molar-refractivity contribution in [2.75, 3.05) is 18.2 Å². The largest absolute Gasteiger partial charge is 0.465 e. The Kier molecular flexibility index (Phi) is 3.74. The van der Waals surface area contributed by atoms with E-state index in [-0.39, 0.29) is 5.91 Å². The van der Waals surface area contributed by atoms with Gasteiger partial charge in [0.2, 0.25) is 0 Å². The highest BCUT2D eigenvalue weighted by atomic mass is 16.5. The van der Waals surface area contributed by atoms with E-state index in [1.807, 2.05) is 0 Å². The molecular weight excluding hydrogens is 258 g/mol. The zero-order valence-corrected chi connectivity index (χ0v) is 11.2. The van der Waals surface area contributed by atoms with Crippen molar-refractivity contribution in [3.8, 4) is 0 Å². The van der Waals surface area contributed by atoms with Crippen LogP contribution in [0.3, 0.4) is 0 Å². The summed E-state index contributed by atoms with van der Waals surface area (Å²) in [6, 6.07) is 8.21. The first-order valence-corrected chi connectivity index (χ1v) is 5.93. The average Bonchev–Trinajstić information content (AvgIpc) is 2.77. The van der Waals surface area contributed by atoms with Gasteiger partial charge in [0.1, 0.15) is 5.69 Å². The van der Waals surface area contributed by atoms with E-state index in [0.29, 0.717) is 22.6 Å². The number of esters is 1. The zero-order valence-electron chi connectivity index (χ0n) is 11.2. The van der Waals surface area contributed by atoms with E-state index >= 15 is 0 Å². The molecule has 1 aromatic carbocycles. The van der Waals surface area contributed by atoms with Crippen molar-refractivity contribution >= 4 is 23.3 Å². The molecule has 0 bridgehead atoms. The Labute approximate surface area is 116 Å². The summed E-state index contributed by atoms with van der Waals surface area (Å²) in [6.07, 6.45) is 1.64. The number of aromatic nitrogens is 1. The molecule has 0 fully saturated rings. The van der Waals surface area contributed by atoms with Gasteiger partial charge in [-0.1, -0.05) is 12.1 Å². The minimum atomic E-state index is -0.507. The quantitative estimate of drug-likeness (QED) is 0.832. The third-order valence-corrected chi connectivity index (χ3v) is 2.84. The van der Waals surface area contributed by atoms with Gasteiger partial charge < -0.3 is 20.4 Å². The maximum Gasteiger partial charge on any atom is 0.339 e. The van der Waals surface area contributed by atoms with Gasteiger partial charge in [-0.25, -0.2) is 4.79 Å². The van der Waals surface area contributed by atoms with Crippen LogP contribution in [0.1, 0.15) is 20.8 Å². The van der Waals surface area contributed by atoms with E-state index in [2.05, 4.69) is 10.1 Å². The topological polar surface area (TPSA) is 86.3 Å². The van der Waals surface area contributed by atoms with Crippen LogP contribution in [0.15, 0.2) is 36.5 Å². The molecule has 2 rings (SSSR count). The minimum absolute atomic E-state index is 0.297. The number of carbonyl (C=O) groups is 2. The lowest BCUT2D eigenvalue weighted by atomic mass is 10.1. The van der Waals surface area contributed by atoms with Crippen LogP contribution in [0.4, 0.5) is 11.4 Å². The number of aryl methyl sites for hydroxylation is 1. The van der Waals surface area contributed by atoms with Crippen LogP contribution in [0.25, 0.3) is 0 Å². The molecule has 6 heteroatoms. The van der Waals surface area contributed by atoms with Crippen molar-refractivity contribution in [3.63, 3.8) is 0 Å². The molecule has 1 heterocycles. The molecule has 0 unspecified atom stereocenters. The second kappa shape index (κ2) is 5.48. The van der Waals surface area contributed by atoms with Crippen molar-refractivity contribution in [1.29, 1.82) is 0 Å². The van der Waals surface area contributed by atoms with Crippen LogP contribution >= 0.6 is 0 Å². The lowest BCUT2D eigenvalue weighted by molar-refractivity contribution is 0.0602. The molecule has 2 aromatic rings. The molecule has 1 amide bonds. The number of rotatable bonds is 3. The number of para-hydroxylation sites is 1. The highest BCUT2D eigenvalue weighted by Crippen LogP contribution is 2.18. The van der Waals surface area contributed by atoms with Gasteiger partial charge in [0.05, 0.1) is 24.0 Å². The van der Waals surface area contributed by atoms with Crippen LogP contribution in [-0.2, 0) is 11.8 Å². The van der Waals surface area contributed by atoms with Gasteiger partial charge in [0.25, 0.3) is 5.91 Å². The van der Waals surface area contributed by atoms with Gasteiger partial charge in [0.15, 0.2) is 0 Å². The predicted octanol–water partition coefficient (Wildman–Crippen LogP) is 1.65. The van der Waals surface area contributed by atoms with Crippen molar-refractivity contribution in [2.45, 2.75) is 0 Å². The van der Waals surface area contributed by atoms with Gasteiger partial charge in [0, 0.05) is 13.2 Å². The molecule has 1 aromatic heterocycles. The number of hydrogen-bond donors (Lipinski definition) is 2. The molecule has 3 N–H and O–H groups in total. The summed E-state index contributed by atoms with van der Waals surface area (Å²) in [5.41, 5.74) is 7.23. The fourth-order valence-electron chi connectivity index (χ4n) is 1.88.